The predicted molar refractivity (Wildman–Crippen MR) is 103 cm³/mol. The minimum atomic E-state index is -0.543. The molecule has 138 valence electrons. The molecule has 1 saturated heterocycles. The van der Waals surface area contributed by atoms with E-state index in [1.807, 2.05) is 12.1 Å². The molecule has 1 aliphatic carbocycles. The number of nitro benzene ring substituents is 1. The number of likely N-dealkylation sites (N-methyl/N-ethyl adjacent to an activating group) is 1. The van der Waals surface area contributed by atoms with E-state index in [-0.39, 0.29) is 17.1 Å². The average molecular weight is 365 g/mol. The van der Waals surface area contributed by atoms with Crippen LogP contribution in [0.3, 0.4) is 0 Å². The maximum atomic E-state index is 11.3. The Morgan fingerprint density at radius 1 is 1.22 bits per heavy atom. The van der Waals surface area contributed by atoms with Crippen molar-refractivity contribution in [3.63, 3.8) is 0 Å². The fraction of sp³-hybridized carbons (Fsp3) is 0.316. The van der Waals surface area contributed by atoms with Crippen LogP contribution in [0, 0.1) is 20.9 Å². The zero-order valence-electron chi connectivity index (χ0n) is 14.8. The Morgan fingerprint density at radius 3 is 2.81 bits per heavy atom. The van der Waals surface area contributed by atoms with Gasteiger partial charge in [-0.2, -0.15) is 5.10 Å². The molecule has 0 amide bonds. The molecule has 1 heterocycles. The van der Waals surface area contributed by atoms with Crippen LogP contribution in [0.4, 0.5) is 17.1 Å². The Morgan fingerprint density at radius 2 is 2.04 bits per heavy atom. The fourth-order valence-electron chi connectivity index (χ4n) is 4.10. The van der Waals surface area contributed by atoms with Crippen molar-refractivity contribution in [1.82, 2.24) is 4.90 Å². The van der Waals surface area contributed by atoms with Crippen LogP contribution in [0.25, 0.3) is 0 Å². The van der Waals surface area contributed by atoms with Gasteiger partial charge in [0.2, 0.25) is 0 Å². The maximum absolute atomic E-state index is 11.3. The van der Waals surface area contributed by atoms with E-state index in [1.165, 1.54) is 17.7 Å². The summed E-state index contributed by atoms with van der Waals surface area (Å²) in [6.45, 7) is 1.97. The molecule has 2 aliphatic rings. The van der Waals surface area contributed by atoms with Gasteiger partial charge in [0.25, 0.3) is 5.69 Å². The quantitative estimate of drug-likeness (QED) is 0.504. The van der Waals surface area contributed by atoms with E-state index in [4.69, 9.17) is 0 Å². The van der Waals surface area contributed by atoms with Gasteiger partial charge >= 0.3 is 0 Å². The second-order valence-corrected chi connectivity index (χ2v) is 7.01. The minimum absolute atomic E-state index is 0.0153. The van der Waals surface area contributed by atoms with E-state index >= 15 is 0 Å². The third-order valence-corrected chi connectivity index (χ3v) is 5.38. The van der Waals surface area contributed by atoms with Gasteiger partial charge < -0.3 is 4.90 Å². The highest BCUT2D eigenvalue weighted by atomic mass is 16.6. The molecule has 0 saturated carbocycles. The Kier molecular flexibility index (Phi) is 4.41. The van der Waals surface area contributed by atoms with Gasteiger partial charge in [0, 0.05) is 30.0 Å². The lowest BCUT2D eigenvalue weighted by atomic mass is 9.85. The van der Waals surface area contributed by atoms with E-state index in [0.29, 0.717) is 11.8 Å². The molecule has 0 radical (unpaired) electrons. The number of nitroso groups, excluding NO2 is 1. The molecular formula is C19H19N5O3. The molecule has 0 spiro atoms. The number of piperidine rings is 1. The average Bonchev–Trinajstić information content (AvgIpc) is 2.99. The molecule has 2 aromatic carbocycles. The summed E-state index contributed by atoms with van der Waals surface area (Å²) in [5.74, 6) is 0.679. The van der Waals surface area contributed by atoms with Gasteiger partial charge in [0.15, 0.2) is 0 Å². The van der Waals surface area contributed by atoms with Crippen LogP contribution in [0.1, 0.15) is 23.5 Å². The molecule has 2 aromatic rings. The highest BCUT2D eigenvalue weighted by Crippen LogP contribution is 2.43. The highest BCUT2D eigenvalue weighted by Gasteiger charge is 2.40. The summed E-state index contributed by atoms with van der Waals surface area (Å²) >= 11 is 0. The number of nitro groups is 1. The van der Waals surface area contributed by atoms with Crippen LogP contribution in [-0.2, 0) is 0 Å². The molecule has 4 rings (SSSR count). The lowest BCUT2D eigenvalue weighted by Crippen LogP contribution is -2.36. The van der Waals surface area contributed by atoms with Gasteiger partial charge in [0.05, 0.1) is 10.6 Å². The van der Waals surface area contributed by atoms with Crippen LogP contribution in [0.5, 0.6) is 0 Å². The van der Waals surface area contributed by atoms with Crippen LogP contribution in [0.15, 0.2) is 52.7 Å². The Hall–Kier alpha value is -3.13. The smallest absolute Gasteiger partial charge is 0.296 e. The molecule has 0 unspecified atom stereocenters. The zero-order chi connectivity index (χ0) is 19.0. The van der Waals surface area contributed by atoms with Gasteiger partial charge in [0.1, 0.15) is 11.4 Å². The molecule has 2 atom stereocenters. The third-order valence-electron chi connectivity index (χ3n) is 5.38. The third kappa shape index (κ3) is 3.08. The Bertz CT molecular complexity index is 943. The number of fused-ring (bicyclic) bond motifs is 3. The first-order valence-electron chi connectivity index (χ1n) is 8.81. The molecule has 0 aromatic heterocycles. The summed E-state index contributed by atoms with van der Waals surface area (Å²) in [5, 5.41) is 18.7. The van der Waals surface area contributed by atoms with Crippen molar-refractivity contribution >= 4 is 22.8 Å². The van der Waals surface area contributed by atoms with Crippen molar-refractivity contribution in [1.29, 1.82) is 0 Å². The van der Waals surface area contributed by atoms with Gasteiger partial charge in [-0.05, 0) is 42.9 Å². The largest absolute Gasteiger partial charge is 0.306 e. The maximum Gasteiger partial charge on any atom is 0.296 e. The van der Waals surface area contributed by atoms with E-state index < -0.39 is 4.92 Å². The second kappa shape index (κ2) is 6.88. The number of hydrazone groups is 1. The Balaban J connectivity index is 1.70. The number of nitrogens with zero attached hydrogens (tertiary/aromatic N) is 4. The number of anilines is 1. The van der Waals surface area contributed by atoms with Crippen LogP contribution < -0.4 is 5.43 Å². The summed E-state index contributed by atoms with van der Waals surface area (Å²) < 4.78 is 0. The van der Waals surface area contributed by atoms with E-state index in [1.54, 1.807) is 0 Å². The van der Waals surface area contributed by atoms with Gasteiger partial charge in [-0.15, -0.1) is 4.91 Å². The summed E-state index contributed by atoms with van der Waals surface area (Å²) in [4.78, 5) is 23.8. The van der Waals surface area contributed by atoms with Gasteiger partial charge in [-0.1, -0.05) is 24.3 Å². The van der Waals surface area contributed by atoms with Crippen LogP contribution >= 0.6 is 0 Å². The first-order chi connectivity index (χ1) is 13.1. The van der Waals surface area contributed by atoms with Crippen molar-refractivity contribution in [2.24, 2.45) is 16.2 Å². The molecule has 8 nitrogen and oxygen atoms in total. The van der Waals surface area contributed by atoms with Crippen LogP contribution in [0.2, 0.25) is 0 Å². The molecule has 1 N–H and O–H groups in total. The summed E-state index contributed by atoms with van der Waals surface area (Å²) in [5.41, 5.74) is 6.23. The molecular weight excluding hydrogens is 346 g/mol. The molecule has 0 bridgehead atoms. The summed E-state index contributed by atoms with van der Waals surface area (Å²) in [6, 6.07) is 12.3. The number of hydrogen-bond donors (Lipinski definition) is 1. The summed E-state index contributed by atoms with van der Waals surface area (Å²) in [6.07, 6.45) is 0.993. The Labute approximate surface area is 156 Å². The summed E-state index contributed by atoms with van der Waals surface area (Å²) in [7, 11) is 2.12. The van der Waals surface area contributed by atoms with Crippen molar-refractivity contribution in [2.75, 3.05) is 25.6 Å². The molecule has 27 heavy (non-hydrogen) atoms. The molecule has 1 fully saturated rings. The van der Waals surface area contributed by atoms with E-state index in [9.17, 15) is 15.0 Å². The van der Waals surface area contributed by atoms with Crippen molar-refractivity contribution in [3.05, 3.63) is 68.6 Å². The number of likely N-dealkylation sites (tertiary alicyclic amines) is 1. The zero-order valence-corrected chi connectivity index (χ0v) is 14.8. The van der Waals surface area contributed by atoms with E-state index in [2.05, 4.69) is 39.8 Å². The van der Waals surface area contributed by atoms with Crippen molar-refractivity contribution in [2.45, 2.75) is 12.3 Å². The van der Waals surface area contributed by atoms with Crippen molar-refractivity contribution < 1.29 is 4.92 Å². The topological polar surface area (TPSA) is 100 Å². The highest BCUT2D eigenvalue weighted by molar-refractivity contribution is 6.07. The number of rotatable bonds is 4. The van der Waals surface area contributed by atoms with Gasteiger partial charge in [-0.25, -0.2) is 0 Å². The number of hydrogen-bond acceptors (Lipinski definition) is 7. The monoisotopic (exact) mass is 365 g/mol. The predicted octanol–water partition coefficient (Wildman–Crippen LogP) is 3.86. The lowest BCUT2D eigenvalue weighted by molar-refractivity contribution is -0.383. The molecule has 8 heteroatoms. The first kappa shape index (κ1) is 17.3. The first-order valence-corrected chi connectivity index (χ1v) is 8.81. The minimum Gasteiger partial charge on any atom is -0.306 e. The van der Waals surface area contributed by atoms with Crippen LogP contribution in [-0.4, -0.2) is 35.7 Å². The van der Waals surface area contributed by atoms with Gasteiger partial charge in [-0.3, -0.25) is 15.5 Å². The normalized spacial score (nSPS) is 22.9. The molecule has 1 aliphatic heterocycles. The van der Waals surface area contributed by atoms with Crippen molar-refractivity contribution in [3.8, 4) is 0 Å². The number of nitrogens with one attached hydrogen (secondary N) is 1. The second-order valence-electron chi connectivity index (χ2n) is 7.01. The van der Waals surface area contributed by atoms with E-state index in [0.717, 1.165) is 36.9 Å². The lowest BCUT2D eigenvalue weighted by Gasteiger charge is -2.32. The number of benzene rings is 2. The standard InChI is InChI=1S/C19H19N5O3/c1-23-9-8-15-16(11-23)13-4-2-3-5-14(13)19(15)21-20-17-7-6-12(22-25)10-18(17)24(26)27/h2-7,10,15-16,20H,8-9,11H2,1H3/b21-19+/t15-,16-/m0/s1. The SMILES string of the molecule is CN1CC[C@@H]2/C(=N/Nc3ccc(N=O)cc3[N+](=O)[O-])c3ccccc3[C@@H]2C1. The fourth-order valence-corrected chi connectivity index (χ4v) is 4.10.